The van der Waals surface area contributed by atoms with Gasteiger partial charge >= 0.3 is 0 Å². The molecule has 0 aliphatic carbocycles. The number of amides is 1. The highest BCUT2D eigenvalue weighted by Gasteiger charge is 2.17. The average Bonchev–Trinajstić information content (AvgIpc) is 3.24. The van der Waals surface area contributed by atoms with Gasteiger partial charge in [0.2, 0.25) is 0 Å². The summed E-state index contributed by atoms with van der Waals surface area (Å²) in [5.74, 6) is -0.603. The van der Waals surface area contributed by atoms with Crippen LogP contribution in [0.1, 0.15) is 15.9 Å². The largest absolute Gasteiger partial charge is 0.342 e. The fourth-order valence-corrected chi connectivity index (χ4v) is 3.24. The van der Waals surface area contributed by atoms with E-state index in [4.69, 9.17) is 0 Å². The summed E-state index contributed by atoms with van der Waals surface area (Å²) in [5, 5.41) is 5.79. The van der Waals surface area contributed by atoms with E-state index >= 15 is 0 Å². The summed E-state index contributed by atoms with van der Waals surface area (Å²) >= 11 is 1.35. The first-order valence-electron chi connectivity index (χ1n) is 7.59. The van der Waals surface area contributed by atoms with Crippen LogP contribution in [0.15, 0.2) is 60.5 Å². The molecule has 0 unspecified atom stereocenters. The van der Waals surface area contributed by atoms with Gasteiger partial charge in [0.25, 0.3) is 5.91 Å². The van der Waals surface area contributed by atoms with E-state index in [-0.39, 0.29) is 11.7 Å². The molecule has 5 nitrogen and oxygen atoms in total. The topological polar surface area (TPSA) is 59.8 Å². The van der Waals surface area contributed by atoms with E-state index in [1.54, 1.807) is 36.2 Å². The first-order chi connectivity index (χ1) is 12.2. The molecule has 1 N–H and O–H groups in total. The molecule has 1 aromatic carbocycles. The summed E-state index contributed by atoms with van der Waals surface area (Å²) in [7, 11) is 0. The number of carbonyl (C=O) groups is 1. The molecule has 1 amide bonds. The molecule has 0 radical (unpaired) electrons. The number of hydrogen-bond acceptors (Lipinski definition) is 4. The molecule has 0 spiro atoms. The number of halogens is 1. The maximum absolute atomic E-state index is 13.7. The van der Waals surface area contributed by atoms with Crippen LogP contribution in [0.3, 0.4) is 0 Å². The van der Waals surface area contributed by atoms with Crippen molar-refractivity contribution in [3.8, 4) is 0 Å². The monoisotopic (exact) mass is 352 g/mol. The van der Waals surface area contributed by atoms with E-state index in [2.05, 4.69) is 15.3 Å². The van der Waals surface area contributed by atoms with Gasteiger partial charge in [-0.2, -0.15) is 0 Å². The summed E-state index contributed by atoms with van der Waals surface area (Å²) in [6.45, 7) is 0.521. The van der Waals surface area contributed by atoms with Gasteiger partial charge < -0.3 is 4.57 Å². The molecule has 4 aromatic rings. The Morgan fingerprint density at radius 2 is 2.04 bits per heavy atom. The normalized spacial score (nSPS) is 10.9. The third kappa shape index (κ3) is 3.14. The first kappa shape index (κ1) is 15.5. The molecular formula is C18H13FN4OS. The van der Waals surface area contributed by atoms with Crippen molar-refractivity contribution in [3.05, 3.63) is 77.4 Å². The molecule has 7 heteroatoms. The fourth-order valence-electron chi connectivity index (χ4n) is 2.71. The molecular weight excluding hydrogens is 339 g/mol. The number of rotatable bonds is 4. The van der Waals surface area contributed by atoms with Gasteiger partial charge in [-0.15, -0.1) is 11.3 Å². The van der Waals surface area contributed by atoms with Gasteiger partial charge in [0.15, 0.2) is 5.13 Å². The highest BCUT2D eigenvalue weighted by molar-refractivity contribution is 7.13. The zero-order valence-electron chi connectivity index (χ0n) is 13.0. The number of benzene rings is 1. The molecule has 4 rings (SSSR count). The predicted octanol–water partition coefficient (Wildman–Crippen LogP) is 3.93. The van der Waals surface area contributed by atoms with Gasteiger partial charge in [-0.25, -0.2) is 9.37 Å². The Morgan fingerprint density at radius 1 is 1.20 bits per heavy atom. The second-order valence-electron chi connectivity index (χ2n) is 5.48. The minimum Gasteiger partial charge on any atom is -0.342 e. The van der Waals surface area contributed by atoms with Crippen LogP contribution in [0.25, 0.3) is 10.9 Å². The number of fused-ring (bicyclic) bond motifs is 1. The van der Waals surface area contributed by atoms with E-state index in [9.17, 15) is 9.18 Å². The van der Waals surface area contributed by atoms with Crippen molar-refractivity contribution >= 4 is 33.3 Å². The predicted molar refractivity (Wildman–Crippen MR) is 95.3 cm³/mol. The zero-order chi connectivity index (χ0) is 17.2. The highest BCUT2D eigenvalue weighted by atomic mass is 32.1. The summed E-state index contributed by atoms with van der Waals surface area (Å²) in [5.41, 5.74) is 2.17. The second-order valence-corrected chi connectivity index (χ2v) is 6.37. The molecule has 3 heterocycles. The van der Waals surface area contributed by atoms with Crippen LogP contribution < -0.4 is 5.32 Å². The van der Waals surface area contributed by atoms with E-state index in [0.717, 1.165) is 5.56 Å². The Hall–Kier alpha value is -3.06. The van der Waals surface area contributed by atoms with Gasteiger partial charge in [-0.3, -0.25) is 15.1 Å². The summed E-state index contributed by atoms with van der Waals surface area (Å²) in [4.78, 5) is 20.7. The summed E-state index contributed by atoms with van der Waals surface area (Å²) in [6.07, 6.45) is 6.78. The Labute approximate surface area is 146 Å². The lowest BCUT2D eigenvalue weighted by Gasteiger charge is -2.05. The number of anilines is 1. The van der Waals surface area contributed by atoms with Crippen LogP contribution in [0, 0.1) is 5.82 Å². The molecule has 0 saturated heterocycles. The minimum absolute atomic E-state index is 0.264. The van der Waals surface area contributed by atoms with Crippen LogP contribution in [0.4, 0.5) is 9.52 Å². The summed E-state index contributed by atoms with van der Waals surface area (Å²) < 4.78 is 15.6. The Balaban J connectivity index is 1.75. The first-order valence-corrected chi connectivity index (χ1v) is 8.47. The van der Waals surface area contributed by atoms with Gasteiger partial charge in [0.1, 0.15) is 5.82 Å². The molecule has 3 aromatic heterocycles. The quantitative estimate of drug-likeness (QED) is 0.605. The van der Waals surface area contributed by atoms with Crippen molar-refractivity contribution in [2.24, 2.45) is 0 Å². The standard InChI is InChI=1S/C18H13FN4OS/c19-13-1-2-14-15(17(24)22-18-21-7-8-25-18)11-23(16(14)9-13)10-12-3-5-20-6-4-12/h1-9,11H,10H2,(H,21,22,24). The maximum atomic E-state index is 13.7. The maximum Gasteiger partial charge on any atom is 0.259 e. The van der Waals surface area contributed by atoms with Crippen LogP contribution in [-0.2, 0) is 6.54 Å². The lowest BCUT2D eigenvalue weighted by molar-refractivity contribution is 0.102. The Morgan fingerprint density at radius 3 is 2.80 bits per heavy atom. The lowest BCUT2D eigenvalue weighted by Crippen LogP contribution is -2.11. The molecule has 25 heavy (non-hydrogen) atoms. The van der Waals surface area contributed by atoms with Gasteiger partial charge in [-0.1, -0.05) is 0 Å². The van der Waals surface area contributed by atoms with Crippen molar-refractivity contribution in [1.29, 1.82) is 0 Å². The van der Waals surface area contributed by atoms with Crippen LogP contribution in [0.5, 0.6) is 0 Å². The van der Waals surface area contributed by atoms with Crippen molar-refractivity contribution in [3.63, 3.8) is 0 Å². The van der Waals surface area contributed by atoms with E-state index in [0.29, 0.717) is 28.1 Å². The number of nitrogens with one attached hydrogen (secondary N) is 1. The Bertz CT molecular complexity index is 1030. The van der Waals surface area contributed by atoms with Crippen molar-refractivity contribution in [2.75, 3.05) is 5.32 Å². The molecule has 124 valence electrons. The SMILES string of the molecule is O=C(Nc1nccs1)c1cn(Cc2ccncc2)c2cc(F)ccc12. The number of thiazole rings is 1. The molecule has 0 aliphatic heterocycles. The third-order valence-corrected chi connectivity index (χ3v) is 4.53. The smallest absolute Gasteiger partial charge is 0.259 e. The number of aromatic nitrogens is 3. The summed E-state index contributed by atoms with van der Waals surface area (Å²) in [6, 6.07) is 8.21. The van der Waals surface area contributed by atoms with E-state index < -0.39 is 0 Å². The van der Waals surface area contributed by atoms with Crippen molar-refractivity contribution in [1.82, 2.24) is 14.5 Å². The molecule has 0 atom stereocenters. The molecule has 0 saturated carbocycles. The lowest BCUT2D eigenvalue weighted by atomic mass is 10.1. The number of pyridine rings is 1. The molecule has 0 aliphatic rings. The van der Waals surface area contributed by atoms with Crippen molar-refractivity contribution < 1.29 is 9.18 Å². The molecule has 0 fully saturated rings. The number of nitrogens with zero attached hydrogens (tertiary/aromatic N) is 3. The highest BCUT2D eigenvalue weighted by Crippen LogP contribution is 2.25. The fraction of sp³-hybridized carbons (Fsp3) is 0.0556. The van der Waals surface area contributed by atoms with Gasteiger partial charge in [0, 0.05) is 42.1 Å². The number of hydrogen-bond donors (Lipinski definition) is 1. The average molecular weight is 352 g/mol. The van der Waals surface area contributed by atoms with E-state index in [1.807, 2.05) is 16.7 Å². The van der Waals surface area contributed by atoms with E-state index in [1.165, 1.54) is 23.5 Å². The zero-order valence-corrected chi connectivity index (χ0v) is 13.8. The van der Waals surface area contributed by atoms with Gasteiger partial charge in [-0.05, 0) is 35.9 Å². The van der Waals surface area contributed by atoms with Crippen LogP contribution in [0.2, 0.25) is 0 Å². The minimum atomic E-state index is -0.339. The third-order valence-electron chi connectivity index (χ3n) is 3.84. The van der Waals surface area contributed by atoms with Crippen LogP contribution >= 0.6 is 11.3 Å². The Kier molecular flexibility index (Phi) is 3.99. The second kappa shape index (κ2) is 6.45. The molecule has 0 bridgehead atoms. The number of carbonyl (C=O) groups excluding carboxylic acids is 1. The van der Waals surface area contributed by atoms with Gasteiger partial charge in [0.05, 0.1) is 11.1 Å². The van der Waals surface area contributed by atoms with Crippen LogP contribution in [-0.4, -0.2) is 20.4 Å². The van der Waals surface area contributed by atoms with Crippen molar-refractivity contribution in [2.45, 2.75) is 6.54 Å².